The van der Waals surface area contributed by atoms with Gasteiger partial charge in [0.1, 0.15) is 5.54 Å². The molecule has 1 aromatic carbocycles. The number of piperidine rings is 1. The van der Waals surface area contributed by atoms with Gasteiger partial charge in [-0.3, -0.25) is 4.79 Å². The minimum atomic E-state index is -0.800. The Labute approximate surface area is 168 Å². The summed E-state index contributed by atoms with van der Waals surface area (Å²) in [6, 6.07) is 8.16. The van der Waals surface area contributed by atoms with Crippen LogP contribution in [0.5, 0.6) is 0 Å². The summed E-state index contributed by atoms with van der Waals surface area (Å²) >= 11 is 0. The Hall–Kier alpha value is -0.850. The first-order valence-electron chi connectivity index (χ1n) is 9.15. The molecule has 1 amide bonds. The third-order valence-corrected chi connectivity index (χ3v) is 5.21. The van der Waals surface area contributed by atoms with Crippen LogP contribution in [0.2, 0.25) is 0 Å². The Balaban J connectivity index is 0.00000169. The van der Waals surface area contributed by atoms with Crippen molar-refractivity contribution < 1.29 is 9.53 Å². The van der Waals surface area contributed by atoms with Gasteiger partial charge in [0.25, 0.3) is 0 Å². The molecule has 0 radical (unpaired) electrons. The lowest BCUT2D eigenvalue weighted by Gasteiger charge is -2.31. The summed E-state index contributed by atoms with van der Waals surface area (Å²) in [5.41, 5.74) is 7.54. The number of rotatable bonds is 5. The highest BCUT2D eigenvalue weighted by Gasteiger charge is 2.35. The first-order chi connectivity index (χ1) is 11.7. The second-order valence-electron chi connectivity index (χ2n) is 7.07. The van der Waals surface area contributed by atoms with Crippen LogP contribution >= 0.6 is 24.8 Å². The van der Waals surface area contributed by atoms with Gasteiger partial charge >= 0.3 is 0 Å². The van der Waals surface area contributed by atoms with E-state index in [-0.39, 0.29) is 30.7 Å². The molecule has 0 bridgehead atoms. The second-order valence-corrected chi connectivity index (χ2v) is 7.07. The van der Waals surface area contributed by atoms with Crippen LogP contribution in [0.25, 0.3) is 0 Å². The maximum absolute atomic E-state index is 12.4. The summed E-state index contributed by atoms with van der Waals surface area (Å²) in [7, 11) is 0. The van der Waals surface area contributed by atoms with Gasteiger partial charge < -0.3 is 20.7 Å². The average Bonchev–Trinajstić information content (AvgIpc) is 2.62. The van der Waals surface area contributed by atoms with Crippen molar-refractivity contribution in [1.29, 1.82) is 0 Å². The number of hydrogen-bond donors (Lipinski definition) is 2. The molecule has 3 rings (SSSR count). The molecule has 2 heterocycles. The number of amides is 1. The number of carbonyl (C=O) groups is 1. The van der Waals surface area contributed by atoms with Crippen LogP contribution in [0.15, 0.2) is 24.3 Å². The number of nitrogens with two attached hydrogens (primary N) is 1. The summed E-state index contributed by atoms with van der Waals surface area (Å²) in [6.45, 7) is 4.70. The number of carbonyl (C=O) groups excluding carboxylic acids is 1. The molecule has 2 saturated heterocycles. The summed E-state index contributed by atoms with van der Waals surface area (Å²) in [4.78, 5) is 15.0. The van der Waals surface area contributed by atoms with E-state index in [0.717, 1.165) is 18.7 Å². The number of nitrogens with one attached hydrogen (secondary N) is 1. The molecular formula is C19H31Cl2N3O2. The zero-order chi connectivity index (χ0) is 16.8. The molecule has 5 nitrogen and oxygen atoms in total. The molecule has 0 aliphatic carbocycles. The number of ether oxygens (including phenoxy) is 1. The molecule has 26 heavy (non-hydrogen) atoms. The van der Waals surface area contributed by atoms with E-state index in [1.165, 1.54) is 37.9 Å². The van der Waals surface area contributed by atoms with Crippen molar-refractivity contribution in [3.8, 4) is 0 Å². The van der Waals surface area contributed by atoms with Crippen LogP contribution < -0.4 is 11.1 Å². The number of anilines is 1. The van der Waals surface area contributed by atoms with Crippen molar-refractivity contribution >= 4 is 36.4 Å². The van der Waals surface area contributed by atoms with Gasteiger partial charge in [-0.1, -0.05) is 18.6 Å². The summed E-state index contributed by atoms with van der Waals surface area (Å²) in [5, 5.41) is 2.95. The van der Waals surface area contributed by atoms with Crippen molar-refractivity contribution in [2.45, 2.75) is 44.1 Å². The highest BCUT2D eigenvalue weighted by atomic mass is 35.5. The van der Waals surface area contributed by atoms with E-state index in [2.05, 4.69) is 22.3 Å². The standard InChI is InChI=1S/C19H29N3O2.2ClH/c20-19(9-14-24-15-10-19)18(23)21-17-6-4-16(5-7-17)8-13-22-11-2-1-3-12-22;;/h4-7H,1-3,8-15,20H2,(H,21,23);2*1H. The minimum Gasteiger partial charge on any atom is -0.381 e. The van der Waals surface area contributed by atoms with E-state index in [1.807, 2.05) is 12.1 Å². The molecule has 0 spiro atoms. The molecule has 3 N–H and O–H groups in total. The molecule has 0 atom stereocenters. The fourth-order valence-electron chi connectivity index (χ4n) is 3.44. The highest BCUT2D eigenvalue weighted by molar-refractivity contribution is 5.98. The van der Waals surface area contributed by atoms with Crippen LogP contribution in [-0.4, -0.2) is 49.2 Å². The smallest absolute Gasteiger partial charge is 0.244 e. The summed E-state index contributed by atoms with van der Waals surface area (Å²) in [6.07, 6.45) is 6.25. The van der Waals surface area contributed by atoms with E-state index in [4.69, 9.17) is 10.5 Å². The predicted octanol–water partition coefficient (Wildman–Crippen LogP) is 3.01. The Bertz CT molecular complexity index is 542. The quantitative estimate of drug-likeness (QED) is 0.792. The number of halogens is 2. The summed E-state index contributed by atoms with van der Waals surface area (Å²) in [5.74, 6) is -0.105. The molecule has 2 aliphatic heterocycles. The molecule has 0 saturated carbocycles. The number of hydrogen-bond acceptors (Lipinski definition) is 4. The topological polar surface area (TPSA) is 67.6 Å². The number of likely N-dealkylation sites (tertiary alicyclic amines) is 1. The van der Waals surface area contributed by atoms with Crippen molar-refractivity contribution in [1.82, 2.24) is 4.90 Å². The molecule has 0 aromatic heterocycles. The van der Waals surface area contributed by atoms with Crippen LogP contribution in [0.4, 0.5) is 5.69 Å². The van der Waals surface area contributed by atoms with Gasteiger partial charge in [-0.15, -0.1) is 24.8 Å². The van der Waals surface area contributed by atoms with Crippen LogP contribution in [-0.2, 0) is 16.0 Å². The maximum atomic E-state index is 12.4. The normalized spacial score (nSPS) is 19.7. The van der Waals surface area contributed by atoms with E-state index in [9.17, 15) is 4.79 Å². The lowest BCUT2D eigenvalue weighted by atomic mass is 9.90. The highest BCUT2D eigenvalue weighted by Crippen LogP contribution is 2.20. The lowest BCUT2D eigenvalue weighted by molar-refractivity contribution is -0.124. The Kier molecular flexibility index (Phi) is 9.90. The summed E-state index contributed by atoms with van der Waals surface area (Å²) < 4.78 is 5.29. The van der Waals surface area contributed by atoms with Crippen LogP contribution in [0, 0.1) is 0 Å². The Morgan fingerprint density at radius 2 is 1.69 bits per heavy atom. The van der Waals surface area contributed by atoms with Gasteiger partial charge in [-0.25, -0.2) is 0 Å². The van der Waals surface area contributed by atoms with Crippen molar-refractivity contribution in [3.63, 3.8) is 0 Å². The monoisotopic (exact) mass is 403 g/mol. The van der Waals surface area contributed by atoms with Crippen molar-refractivity contribution in [2.24, 2.45) is 5.73 Å². The zero-order valence-corrected chi connectivity index (χ0v) is 16.9. The van der Waals surface area contributed by atoms with Gasteiger partial charge in [0.15, 0.2) is 0 Å². The molecule has 2 fully saturated rings. The third kappa shape index (κ3) is 6.39. The average molecular weight is 404 g/mol. The zero-order valence-electron chi connectivity index (χ0n) is 15.2. The fourth-order valence-corrected chi connectivity index (χ4v) is 3.44. The van der Waals surface area contributed by atoms with Gasteiger partial charge in [0.2, 0.25) is 5.91 Å². The molecule has 1 aromatic rings. The third-order valence-electron chi connectivity index (χ3n) is 5.21. The van der Waals surface area contributed by atoms with Crippen molar-refractivity contribution in [3.05, 3.63) is 29.8 Å². The van der Waals surface area contributed by atoms with Crippen molar-refractivity contribution in [2.75, 3.05) is 38.2 Å². The molecule has 148 valence electrons. The first kappa shape index (κ1) is 23.2. The minimum absolute atomic E-state index is 0. The second kappa shape index (κ2) is 11.1. The number of benzene rings is 1. The maximum Gasteiger partial charge on any atom is 0.244 e. The molecule has 0 unspecified atom stereocenters. The molecular weight excluding hydrogens is 373 g/mol. The molecule has 7 heteroatoms. The molecule has 2 aliphatic rings. The predicted molar refractivity (Wildman–Crippen MR) is 111 cm³/mol. The van der Waals surface area contributed by atoms with Crippen LogP contribution in [0.1, 0.15) is 37.7 Å². The van der Waals surface area contributed by atoms with Gasteiger partial charge in [0.05, 0.1) is 0 Å². The Morgan fingerprint density at radius 1 is 1.08 bits per heavy atom. The number of nitrogens with zero attached hydrogens (tertiary/aromatic N) is 1. The van der Waals surface area contributed by atoms with Gasteiger partial charge in [0, 0.05) is 25.4 Å². The Morgan fingerprint density at radius 3 is 2.31 bits per heavy atom. The lowest BCUT2D eigenvalue weighted by Crippen LogP contribution is -2.54. The van der Waals surface area contributed by atoms with E-state index >= 15 is 0 Å². The SMILES string of the molecule is Cl.Cl.NC1(C(=O)Nc2ccc(CCN3CCCCC3)cc2)CCOCC1. The fraction of sp³-hybridized carbons (Fsp3) is 0.632. The van der Waals surface area contributed by atoms with E-state index in [0.29, 0.717) is 26.1 Å². The van der Waals surface area contributed by atoms with Gasteiger partial charge in [-0.05, 0) is 62.9 Å². The van der Waals surface area contributed by atoms with E-state index < -0.39 is 5.54 Å². The van der Waals surface area contributed by atoms with Crippen LogP contribution in [0.3, 0.4) is 0 Å². The largest absolute Gasteiger partial charge is 0.381 e. The van der Waals surface area contributed by atoms with E-state index in [1.54, 1.807) is 0 Å². The first-order valence-corrected chi connectivity index (χ1v) is 9.15. The van der Waals surface area contributed by atoms with Gasteiger partial charge in [-0.2, -0.15) is 0 Å².